The maximum absolute atomic E-state index is 12.0. The molecular weight excluding hydrogens is 276 g/mol. The molecule has 0 bridgehead atoms. The predicted molar refractivity (Wildman–Crippen MR) is 65.8 cm³/mol. The Labute approximate surface area is 110 Å². The first kappa shape index (κ1) is 13.0. The molecular formula is C10H11ClN4O2S. The van der Waals surface area contributed by atoms with E-state index in [0.29, 0.717) is 11.6 Å². The van der Waals surface area contributed by atoms with Gasteiger partial charge in [-0.25, -0.2) is 18.4 Å². The van der Waals surface area contributed by atoms with Crippen molar-refractivity contribution in [3.8, 4) is 0 Å². The highest BCUT2D eigenvalue weighted by Crippen LogP contribution is 2.14. The molecule has 2 aromatic heterocycles. The molecule has 2 heterocycles. The van der Waals surface area contributed by atoms with Gasteiger partial charge in [0.2, 0.25) is 9.84 Å². The summed E-state index contributed by atoms with van der Waals surface area (Å²) in [5.74, 6) is -0.0113. The number of aryl methyl sites for hydroxylation is 1. The lowest BCUT2D eigenvalue weighted by molar-refractivity contribution is 0.588. The van der Waals surface area contributed by atoms with Crippen molar-refractivity contribution < 1.29 is 8.42 Å². The van der Waals surface area contributed by atoms with Crippen molar-refractivity contribution >= 4 is 21.4 Å². The summed E-state index contributed by atoms with van der Waals surface area (Å²) in [6.07, 6.45) is 2.80. The third-order valence-electron chi connectivity index (χ3n) is 2.25. The quantitative estimate of drug-likeness (QED) is 0.847. The fraction of sp³-hybridized carbons (Fsp3) is 0.300. The monoisotopic (exact) mass is 286 g/mol. The summed E-state index contributed by atoms with van der Waals surface area (Å²) in [7, 11) is -3.53. The zero-order valence-corrected chi connectivity index (χ0v) is 11.2. The minimum Gasteiger partial charge on any atom is -0.253 e. The second-order valence-corrected chi connectivity index (χ2v) is 5.96. The molecule has 0 aliphatic rings. The van der Waals surface area contributed by atoms with Crippen LogP contribution in [0, 0.1) is 0 Å². The summed E-state index contributed by atoms with van der Waals surface area (Å²) in [5.41, 5.74) is 0. The molecule has 0 spiro atoms. The van der Waals surface area contributed by atoms with E-state index in [0.717, 1.165) is 0 Å². The van der Waals surface area contributed by atoms with Crippen molar-refractivity contribution in [2.24, 2.45) is 0 Å². The highest BCUT2D eigenvalue weighted by Gasteiger charge is 2.19. The van der Waals surface area contributed by atoms with Crippen LogP contribution < -0.4 is 0 Å². The average molecular weight is 287 g/mol. The van der Waals surface area contributed by atoms with Crippen LogP contribution in [0.5, 0.6) is 0 Å². The van der Waals surface area contributed by atoms with Gasteiger partial charge in [0, 0.05) is 12.7 Å². The number of halogens is 1. The first-order chi connectivity index (χ1) is 8.51. The lowest BCUT2D eigenvalue weighted by Gasteiger charge is -2.00. The molecule has 0 saturated heterocycles. The average Bonchev–Trinajstić information content (AvgIpc) is 2.76. The van der Waals surface area contributed by atoms with Gasteiger partial charge in [-0.3, -0.25) is 4.68 Å². The van der Waals surface area contributed by atoms with E-state index in [2.05, 4.69) is 15.1 Å². The van der Waals surface area contributed by atoms with E-state index in [1.165, 1.54) is 24.7 Å². The van der Waals surface area contributed by atoms with Crippen molar-refractivity contribution in [2.75, 3.05) is 0 Å². The largest absolute Gasteiger partial charge is 0.253 e. The zero-order chi connectivity index (χ0) is 13.2. The van der Waals surface area contributed by atoms with Crippen LogP contribution in [0.3, 0.4) is 0 Å². The SMILES string of the molecule is CCn1cnc(CS(=O)(=O)c2ccc(Cl)cn2)n1. The highest BCUT2D eigenvalue weighted by atomic mass is 35.5. The number of sulfone groups is 1. The number of rotatable bonds is 4. The van der Waals surface area contributed by atoms with Gasteiger partial charge in [0.25, 0.3) is 0 Å². The van der Waals surface area contributed by atoms with E-state index in [1.807, 2.05) is 6.92 Å². The molecule has 2 rings (SSSR count). The van der Waals surface area contributed by atoms with Crippen LogP contribution in [0.4, 0.5) is 0 Å². The number of hydrogen-bond acceptors (Lipinski definition) is 5. The molecule has 0 N–H and O–H groups in total. The third kappa shape index (κ3) is 2.85. The van der Waals surface area contributed by atoms with Crippen molar-refractivity contribution in [1.29, 1.82) is 0 Å². The van der Waals surface area contributed by atoms with Crippen LogP contribution in [0.25, 0.3) is 0 Å². The normalized spacial score (nSPS) is 11.7. The van der Waals surface area contributed by atoms with Gasteiger partial charge < -0.3 is 0 Å². The van der Waals surface area contributed by atoms with E-state index in [1.54, 1.807) is 4.68 Å². The summed E-state index contributed by atoms with van der Waals surface area (Å²) < 4.78 is 25.6. The maximum atomic E-state index is 12.0. The molecule has 0 saturated carbocycles. The minimum atomic E-state index is -3.53. The molecule has 0 amide bonds. The van der Waals surface area contributed by atoms with Gasteiger partial charge in [-0.05, 0) is 19.1 Å². The van der Waals surface area contributed by atoms with Crippen molar-refractivity contribution in [3.05, 3.63) is 35.5 Å². The molecule has 0 radical (unpaired) electrons. The standard InChI is InChI=1S/C10H11ClN4O2S/c1-2-15-7-13-9(14-15)6-18(16,17)10-4-3-8(11)5-12-10/h3-5,7H,2,6H2,1H3. The van der Waals surface area contributed by atoms with E-state index >= 15 is 0 Å². The van der Waals surface area contributed by atoms with E-state index in [9.17, 15) is 8.42 Å². The topological polar surface area (TPSA) is 77.7 Å². The van der Waals surface area contributed by atoms with Gasteiger partial charge in [0.05, 0.1) is 5.02 Å². The van der Waals surface area contributed by atoms with E-state index < -0.39 is 9.84 Å². The first-order valence-electron chi connectivity index (χ1n) is 5.24. The fourth-order valence-corrected chi connectivity index (χ4v) is 2.56. The second-order valence-electron chi connectivity index (χ2n) is 3.59. The molecule has 8 heteroatoms. The Morgan fingerprint density at radius 3 is 2.67 bits per heavy atom. The number of nitrogens with zero attached hydrogens (tertiary/aromatic N) is 4. The molecule has 2 aromatic rings. The minimum absolute atomic E-state index is 0.0280. The smallest absolute Gasteiger partial charge is 0.202 e. The van der Waals surface area contributed by atoms with Crippen LogP contribution in [-0.4, -0.2) is 28.2 Å². The lowest BCUT2D eigenvalue weighted by atomic mass is 10.5. The van der Waals surface area contributed by atoms with Crippen molar-refractivity contribution in [3.63, 3.8) is 0 Å². The van der Waals surface area contributed by atoms with Crippen LogP contribution >= 0.6 is 11.6 Å². The Kier molecular flexibility index (Phi) is 3.63. The zero-order valence-electron chi connectivity index (χ0n) is 9.62. The Balaban J connectivity index is 2.24. The highest BCUT2D eigenvalue weighted by molar-refractivity contribution is 7.90. The first-order valence-corrected chi connectivity index (χ1v) is 7.27. The maximum Gasteiger partial charge on any atom is 0.202 e. The van der Waals surface area contributed by atoms with Gasteiger partial charge >= 0.3 is 0 Å². The van der Waals surface area contributed by atoms with Crippen LogP contribution in [-0.2, 0) is 22.1 Å². The molecule has 96 valence electrons. The van der Waals surface area contributed by atoms with Crippen LogP contribution in [0.15, 0.2) is 29.7 Å². The lowest BCUT2D eigenvalue weighted by Crippen LogP contribution is -2.08. The summed E-state index contributed by atoms with van der Waals surface area (Å²) in [4.78, 5) is 7.72. The summed E-state index contributed by atoms with van der Waals surface area (Å²) >= 11 is 5.66. The fourth-order valence-electron chi connectivity index (χ4n) is 1.34. The molecule has 0 unspecified atom stereocenters. The van der Waals surface area contributed by atoms with Gasteiger partial charge in [-0.1, -0.05) is 11.6 Å². The molecule has 0 fully saturated rings. The van der Waals surface area contributed by atoms with Crippen molar-refractivity contribution in [2.45, 2.75) is 24.2 Å². The molecule has 0 aliphatic heterocycles. The van der Waals surface area contributed by atoms with E-state index in [4.69, 9.17) is 11.6 Å². The van der Waals surface area contributed by atoms with Crippen LogP contribution in [0.1, 0.15) is 12.7 Å². The summed E-state index contributed by atoms with van der Waals surface area (Å²) in [6.45, 7) is 2.54. The number of aromatic nitrogens is 4. The van der Waals surface area contributed by atoms with Crippen molar-refractivity contribution in [1.82, 2.24) is 19.7 Å². The Morgan fingerprint density at radius 1 is 1.33 bits per heavy atom. The number of pyridine rings is 1. The Hall–Kier alpha value is -1.47. The summed E-state index contributed by atoms with van der Waals surface area (Å²) in [5, 5.41) is 4.39. The van der Waals surface area contributed by atoms with Gasteiger partial charge in [0.1, 0.15) is 12.1 Å². The molecule has 18 heavy (non-hydrogen) atoms. The van der Waals surface area contributed by atoms with Gasteiger partial charge in [0.15, 0.2) is 10.9 Å². The molecule has 0 atom stereocenters. The van der Waals surface area contributed by atoms with Gasteiger partial charge in [-0.15, -0.1) is 0 Å². The van der Waals surface area contributed by atoms with Gasteiger partial charge in [-0.2, -0.15) is 5.10 Å². The predicted octanol–water partition coefficient (Wildman–Crippen LogP) is 1.32. The van der Waals surface area contributed by atoms with Crippen LogP contribution in [0.2, 0.25) is 5.02 Å². The Morgan fingerprint density at radius 2 is 2.11 bits per heavy atom. The number of hydrogen-bond donors (Lipinski definition) is 0. The molecule has 0 aliphatic carbocycles. The second kappa shape index (κ2) is 5.03. The molecule has 0 aromatic carbocycles. The van der Waals surface area contributed by atoms with E-state index in [-0.39, 0.29) is 16.6 Å². The third-order valence-corrected chi connectivity index (χ3v) is 3.99. The molecule has 6 nitrogen and oxygen atoms in total. The Bertz CT molecular complexity index is 636. The summed E-state index contributed by atoms with van der Waals surface area (Å²) in [6, 6.07) is 2.86.